The standard InChI is InChI=1S/C11H19ClO5/c1-7(12)9(13)15-8-6-10(2,3)16-17-11(8,4)14-5/h7-8H,6H2,1-5H3. The van der Waals surface area contributed by atoms with Crippen LogP contribution in [0.3, 0.4) is 0 Å². The summed E-state index contributed by atoms with van der Waals surface area (Å²) in [4.78, 5) is 21.9. The summed E-state index contributed by atoms with van der Waals surface area (Å²) in [6.45, 7) is 6.89. The van der Waals surface area contributed by atoms with Crippen LogP contribution in [0, 0.1) is 0 Å². The zero-order valence-corrected chi connectivity index (χ0v) is 11.5. The quantitative estimate of drug-likeness (QED) is 0.444. The van der Waals surface area contributed by atoms with Crippen LogP contribution in [-0.2, 0) is 24.0 Å². The van der Waals surface area contributed by atoms with Gasteiger partial charge in [-0.3, -0.25) is 4.79 Å². The monoisotopic (exact) mass is 266 g/mol. The second kappa shape index (κ2) is 5.10. The number of hydrogen-bond acceptors (Lipinski definition) is 5. The van der Waals surface area contributed by atoms with Crippen molar-refractivity contribution in [3.63, 3.8) is 0 Å². The molecule has 0 spiro atoms. The van der Waals surface area contributed by atoms with E-state index in [2.05, 4.69) is 0 Å². The Morgan fingerprint density at radius 1 is 1.41 bits per heavy atom. The van der Waals surface area contributed by atoms with E-state index in [1.807, 2.05) is 13.8 Å². The Labute approximate surface area is 106 Å². The predicted octanol–water partition coefficient (Wildman–Crippen LogP) is 2.02. The van der Waals surface area contributed by atoms with E-state index in [0.29, 0.717) is 6.42 Å². The summed E-state index contributed by atoms with van der Waals surface area (Å²) >= 11 is 5.67. The number of carbonyl (C=O) groups is 1. The first kappa shape index (κ1) is 14.7. The van der Waals surface area contributed by atoms with Gasteiger partial charge in [-0.15, -0.1) is 11.6 Å². The number of hydrogen-bond donors (Lipinski definition) is 0. The van der Waals surface area contributed by atoms with E-state index < -0.39 is 28.8 Å². The Bertz CT molecular complexity index is 292. The fraction of sp³-hybridized carbons (Fsp3) is 0.909. The minimum atomic E-state index is -1.11. The average molecular weight is 267 g/mol. The molecule has 0 aromatic heterocycles. The summed E-state index contributed by atoms with van der Waals surface area (Å²) in [6, 6.07) is 0. The van der Waals surface area contributed by atoms with Gasteiger partial charge in [0.2, 0.25) is 5.79 Å². The van der Waals surface area contributed by atoms with Crippen molar-refractivity contribution < 1.29 is 24.0 Å². The second-order valence-corrected chi connectivity index (χ2v) is 5.55. The molecule has 6 heteroatoms. The van der Waals surface area contributed by atoms with Gasteiger partial charge in [0, 0.05) is 13.5 Å². The third-order valence-corrected chi connectivity index (χ3v) is 2.86. The van der Waals surface area contributed by atoms with Crippen molar-refractivity contribution in [1.29, 1.82) is 0 Å². The van der Waals surface area contributed by atoms with Crippen molar-refractivity contribution in [1.82, 2.24) is 0 Å². The minimum Gasteiger partial charge on any atom is -0.455 e. The van der Waals surface area contributed by atoms with Gasteiger partial charge in [0.15, 0.2) is 6.10 Å². The Hall–Kier alpha value is -0.360. The smallest absolute Gasteiger partial charge is 0.324 e. The molecule has 0 aliphatic carbocycles. The maximum Gasteiger partial charge on any atom is 0.324 e. The number of alkyl halides is 1. The van der Waals surface area contributed by atoms with Crippen molar-refractivity contribution in [2.24, 2.45) is 0 Å². The molecule has 3 unspecified atom stereocenters. The highest BCUT2D eigenvalue weighted by Gasteiger charge is 2.49. The van der Waals surface area contributed by atoms with Crippen LogP contribution in [0.2, 0.25) is 0 Å². The van der Waals surface area contributed by atoms with Crippen LogP contribution in [0.5, 0.6) is 0 Å². The molecule has 1 saturated heterocycles. The molecule has 100 valence electrons. The zero-order valence-electron chi connectivity index (χ0n) is 10.8. The molecule has 1 rings (SSSR count). The van der Waals surface area contributed by atoms with Crippen molar-refractivity contribution in [2.45, 2.75) is 57.0 Å². The first-order valence-corrected chi connectivity index (χ1v) is 5.90. The number of carbonyl (C=O) groups excluding carboxylic acids is 1. The van der Waals surface area contributed by atoms with E-state index in [-0.39, 0.29) is 0 Å². The molecule has 0 radical (unpaired) electrons. The molecular weight excluding hydrogens is 248 g/mol. The molecule has 0 amide bonds. The van der Waals surface area contributed by atoms with Crippen LogP contribution in [0.4, 0.5) is 0 Å². The van der Waals surface area contributed by atoms with E-state index in [0.717, 1.165) is 0 Å². The molecule has 1 aliphatic rings. The summed E-state index contributed by atoms with van der Waals surface area (Å²) < 4.78 is 10.5. The topological polar surface area (TPSA) is 54.0 Å². The molecule has 3 atom stereocenters. The number of rotatable bonds is 3. The Balaban J connectivity index is 2.78. The minimum absolute atomic E-state index is 0.465. The van der Waals surface area contributed by atoms with Gasteiger partial charge in [0.25, 0.3) is 0 Å². The van der Waals surface area contributed by atoms with E-state index in [9.17, 15) is 4.79 Å². The predicted molar refractivity (Wildman–Crippen MR) is 61.5 cm³/mol. The van der Waals surface area contributed by atoms with Crippen molar-refractivity contribution in [2.75, 3.05) is 7.11 Å². The Morgan fingerprint density at radius 2 is 2.00 bits per heavy atom. The van der Waals surface area contributed by atoms with Gasteiger partial charge in [0.1, 0.15) is 11.0 Å². The molecule has 0 N–H and O–H groups in total. The van der Waals surface area contributed by atoms with Gasteiger partial charge in [-0.05, 0) is 27.7 Å². The highest BCUT2D eigenvalue weighted by atomic mass is 35.5. The number of esters is 1. The molecule has 0 aromatic rings. The molecule has 1 fully saturated rings. The molecule has 1 aliphatic heterocycles. The van der Waals surface area contributed by atoms with E-state index in [4.69, 9.17) is 30.8 Å². The lowest BCUT2D eigenvalue weighted by Gasteiger charge is -2.43. The average Bonchev–Trinajstić information content (AvgIpc) is 2.23. The lowest BCUT2D eigenvalue weighted by molar-refractivity contribution is -0.497. The van der Waals surface area contributed by atoms with E-state index in [1.54, 1.807) is 13.8 Å². The van der Waals surface area contributed by atoms with Crippen molar-refractivity contribution >= 4 is 17.6 Å². The van der Waals surface area contributed by atoms with Crippen LogP contribution in [0.1, 0.15) is 34.1 Å². The van der Waals surface area contributed by atoms with Crippen molar-refractivity contribution in [3.8, 4) is 0 Å². The first-order chi connectivity index (χ1) is 7.70. The summed E-state index contributed by atoms with van der Waals surface area (Å²) in [5.41, 5.74) is -0.543. The Morgan fingerprint density at radius 3 is 2.47 bits per heavy atom. The van der Waals surface area contributed by atoms with E-state index in [1.165, 1.54) is 7.11 Å². The number of methoxy groups -OCH3 is 1. The van der Waals surface area contributed by atoms with Gasteiger partial charge in [0.05, 0.1) is 0 Å². The molecule has 0 bridgehead atoms. The number of ether oxygens (including phenoxy) is 2. The zero-order chi connectivity index (χ0) is 13.3. The Kier molecular flexibility index (Phi) is 4.41. The maximum absolute atomic E-state index is 11.5. The highest BCUT2D eigenvalue weighted by Crippen LogP contribution is 2.35. The third kappa shape index (κ3) is 3.55. The molecule has 0 saturated carbocycles. The molecule has 0 aromatic carbocycles. The SMILES string of the molecule is COC1(C)OOC(C)(C)CC1OC(=O)C(C)Cl. The van der Waals surface area contributed by atoms with E-state index >= 15 is 0 Å². The lowest BCUT2D eigenvalue weighted by atomic mass is 9.95. The van der Waals surface area contributed by atoms with Crippen LogP contribution >= 0.6 is 11.6 Å². The second-order valence-electron chi connectivity index (χ2n) is 4.89. The fourth-order valence-electron chi connectivity index (χ4n) is 1.46. The molecular formula is C11H19ClO5. The molecule has 1 heterocycles. The highest BCUT2D eigenvalue weighted by molar-refractivity contribution is 6.29. The van der Waals surface area contributed by atoms with Crippen LogP contribution in [-0.4, -0.2) is 35.9 Å². The number of halogens is 1. The van der Waals surface area contributed by atoms with Gasteiger partial charge in [-0.2, -0.15) is 4.89 Å². The van der Waals surface area contributed by atoms with Crippen LogP contribution in [0.25, 0.3) is 0 Å². The maximum atomic E-state index is 11.5. The molecule has 17 heavy (non-hydrogen) atoms. The summed E-state index contributed by atoms with van der Waals surface area (Å²) in [5.74, 6) is -1.61. The summed E-state index contributed by atoms with van der Waals surface area (Å²) in [7, 11) is 1.46. The fourth-order valence-corrected chi connectivity index (χ4v) is 1.51. The summed E-state index contributed by atoms with van der Waals surface area (Å²) in [5, 5.41) is -0.706. The summed E-state index contributed by atoms with van der Waals surface area (Å²) in [6.07, 6.45) is -0.0999. The van der Waals surface area contributed by atoms with Gasteiger partial charge in [-0.25, -0.2) is 4.89 Å². The normalized spacial score (nSPS) is 34.1. The van der Waals surface area contributed by atoms with Crippen LogP contribution in [0.15, 0.2) is 0 Å². The third-order valence-electron chi connectivity index (χ3n) is 2.68. The van der Waals surface area contributed by atoms with Gasteiger partial charge in [-0.1, -0.05) is 0 Å². The lowest BCUT2D eigenvalue weighted by Crippen LogP contribution is -2.55. The van der Waals surface area contributed by atoms with Gasteiger partial charge < -0.3 is 9.47 Å². The van der Waals surface area contributed by atoms with Gasteiger partial charge >= 0.3 is 5.97 Å². The first-order valence-electron chi connectivity index (χ1n) is 5.47. The largest absolute Gasteiger partial charge is 0.455 e. The van der Waals surface area contributed by atoms with Crippen LogP contribution < -0.4 is 0 Å². The molecule has 5 nitrogen and oxygen atoms in total. The van der Waals surface area contributed by atoms with Crippen molar-refractivity contribution in [3.05, 3.63) is 0 Å².